The average Bonchev–Trinajstić information content (AvgIpc) is 3.24. The van der Waals surface area contributed by atoms with E-state index in [1.165, 1.54) is 24.3 Å². The maximum absolute atomic E-state index is 14.1. The van der Waals surface area contributed by atoms with E-state index in [2.05, 4.69) is 10.6 Å². The molecule has 0 spiro atoms. The predicted molar refractivity (Wildman–Crippen MR) is 111 cm³/mol. The fourth-order valence-electron chi connectivity index (χ4n) is 2.67. The molecule has 7 heteroatoms. The SMILES string of the molecule is CCNC(=O)C(F)c1ccc(C(=O)Nc2cc(-c3cccs3)ccc2N)cc1. The van der Waals surface area contributed by atoms with Gasteiger partial charge in [0.1, 0.15) is 0 Å². The molecular weight excluding hydrogens is 377 g/mol. The average molecular weight is 397 g/mol. The van der Waals surface area contributed by atoms with Gasteiger partial charge in [-0.25, -0.2) is 4.39 Å². The molecule has 5 nitrogen and oxygen atoms in total. The molecule has 0 radical (unpaired) electrons. The van der Waals surface area contributed by atoms with Crippen LogP contribution in [-0.2, 0) is 4.79 Å². The Morgan fingerprint density at radius 3 is 2.54 bits per heavy atom. The van der Waals surface area contributed by atoms with E-state index in [-0.39, 0.29) is 11.5 Å². The Labute approximate surface area is 166 Å². The van der Waals surface area contributed by atoms with Gasteiger partial charge in [0, 0.05) is 17.0 Å². The van der Waals surface area contributed by atoms with Crippen molar-refractivity contribution in [3.05, 3.63) is 71.1 Å². The number of hydrogen-bond acceptors (Lipinski definition) is 4. The summed E-state index contributed by atoms with van der Waals surface area (Å²) in [5, 5.41) is 7.20. The third kappa shape index (κ3) is 4.37. The lowest BCUT2D eigenvalue weighted by Crippen LogP contribution is -2.26. The first-order chi connectivity index (χ1) is 13.5. The zero-order valence-electron chi connectivity index (χ0n) is 15.2. The van der Waals surface area contributed by atoms with Crippen molar-refractivity contribution in [1.82, 2.24) is 5.32 Å². The van der Waals surface area contributed by atoms with Crippen molar-refractivity contribution in [3.63, 3.8) is 0 Å². The number of nitrogens with one attached hydrogen (secondary N) is 2. The maximum Gasteiger partial charge on any atom is 0.259 e. The summed E-state index contributed by atoms with van der Waals surface area (Å²) in [7, 11) is 0. The number of halogens is 1. The summed E-state index contributed by atoms with van der Waals surface area (Å²) < 4.78 is 14.1. The van der Waals surface area contributed by atoms with Crippen LogP contribution in [0.3, 0.4) is 0 Å². The molecule has 28 heavy (non-hydrogen) atoms. The smallest absolute Gasteiger partial charge is 0.259 e. The molecule has 0 aliphatic carbocycles. The molecule has 1 atom stereocenters. The monoisotopic (exact) mass is 397 g/mol. The van der Waals surface area contributed by atoms with Gasteiger partial charge in [-0.15, -0.1) is 11.3 Å². The second-order valence-corrected chi connectivity index (χ2v) is 7.06. The molecule has 0 bridgehead atoms. The zero-order chi connectivity index (χ0) is 20.1. The Balaban J connectivity index is 1.75. The predicted octanol–water partition coefficient (Wildman–Crippen LogP) is 4.40. The van der Waals surface area contributed by atoms with E-state index in [0.29, 0.717) is 23.5 Å². The van der Waals surface area contributed by atoms with Crippen LogP contribution in [0.15, 0.2) is 60.0 Å². The number of benzene rings is 2. The number of carbonyl (C=O) groups is 2. The minimum absolute atomic E-state index is 0.196. The molecule has 144 valence electrons. The van der Waals surface area contributed by atoms with Crippen LogP contribution >= 0.6 is 11.3 Å². The van der Waals surface area contributed by atoms with Crippen molar-refractivity contribution < 1.29 is 14.0 Å². The molecular formula is C21H20FN3O2S. The van der Waals surface area contributed by atoms with Crippen LogP contribution in [-0.4, -0.2) is 18.4 Å². The van der Waals surface area contributed by atoms with Crippen molar-refractivity contribution in [3.8, 4) is 10.4 Å². The molecule has 3 aromatic rings. The Hall–Kier alpha value is -3.19. The highest BCUT2D eigenvalue weighted by Gasteiger charge is 2.19. The van der Waals surface area contributed by atoms with Gasteiger partial charge >= 0.3 is 0 Å². The normalized spacial score (nSPS) is 11.6. The molecule has 4 N–H and O–H groups in total. The van der Waals surface area contributed by atoms with Crippen molar-refractivity contribution in [2.75, 3.05) is 17.6 Å². The van der Waals surface area contributed by atoms with E-state index < -0.39 is 12.1 Å². The van der Waals surface area contributed by atoms with Gasteiger partial charge in [0.25, 0.3) is 11.8 Å². The van der Waals surface area contributed by atoms with Crippen LogP contribution in [0.4, 0.5) is 15.8 Å². The number of carbonyl (C=O) groups excluding carboxylic acids is 2. The summed E-state index contributed by atoms with van der Waals surface area (Å²) in [4.78, 5) is 25.2. The molecule has 0 aliphatic heterocycles. The Kier molecular flexibility index (Phi) is 6.06. The summed E-state index contributed by atoms with van der Waals surface area (Å²) in [5.74, 6) is -1.06. The van der Waals surface area contributed by atoms with Crippen molar-refractivity contribution in [2.45, 2.75) is 13.1 Å². The van der Waals surface area contributed by atoms with Gasteiger partial charge in [0.05, 0.1) is 11.4 Å². The van der Waals surface area contributed by atoms with Gasteiger partial charge in [-0.1, -0.05) is 24.3 Å². The van der Waals surface area contributed by atoms with Gasteiger partial charge in [-0.2, -0.15) is 0 Å². The molecule has 0 aliphatic rings. The third-order valence-electron chi connectivity index (χ3n) is 4.15. The summed E-state index contributed by atoms with van der Waals surface area (Å²) in [6.07, 6.45) is -1.77. The first-order valence-electron chi connectivity index (χ1n) is 8.76. The Morgan fingerprint density at radius 1 is 1.14 bits per heavy atom. The number of amides is 2. The lowest BCUT2D eigenvalue weighted by Gasteiger charge is -2.11. The number of nitrogens with two attached hydrogens (primary N) is 1. The fraction of sp³-hybridized carbons (Fsp3) is 0.143. The first-order valence-corrected chi connectivity index (χ1v) is 9.64. The maximum atomic E-state index is 14.1. The minimum Gasteiger partial charge on any atom is -0.397 e. The molecule has 2 aromatic carbocycles. The largest absolute Gasteiger partial charge is 0.397 e. The van der Waals surface area contributed by atoms with E-state index in [0.717, 1.165) is 10.4 Å². The van der Waals surface area contributed by atoms with E-state index >= 15 is 0 Å². The summed E-state index contributed by atoms with van der Waals surface area (Å²) in [6.45, 7) is 2.07. The molecule has 3 rings (SSSR count). The number of alkyl halides is 1. The number of anilines is 2. The highest BCUT2D eigenvalue weighted by atomic mass is 32.1. The van der Waals surface area contributed by atoms with Crippen LogP contribution in [0.25, 0.3) is 10.4 Å². The molecule has 0 fully saturated rings. The second kappa shape index (κ2) is 8.67. The summed E-state index contributed by atoms with van der Waals surface area (Å²) >= 11 is 1.59. The number of likely N-dealkylation sites (N-methyl/N-ethyl adjacent to an activating group) is 1. The van der Waals surface area contributed by atoms with Gasteiger partial charge in [0.15, 0.2) is 0 Å². The molecule has 1 heterocycles. The van der Waals surface area contributed by atoms with Crippen LogP contribution in [0.2, 0.25) is 0 Å². The minimum atomic E-state index is -1.77. The molecule has 2 amide bonds. The number of rotatable bonds is 6. The van der Waals surface area contributed by atoms with Crippen molar-refractivity contribution in [1.29, 1.82) is 0 Å². The van der Waals surface area contributed by atoms with Crippen LogP contribution in [0, 0.1) is 0 Å². The van der Waals surface area contributed by atoms with E-state index in [4.69, 9.17) is 5.73 Å². The van der Waals surface area contributed by atoms with Crippen LogP contribution in [0.1, 0.15) is 29.0 Å². The fourth-order valence-corrected chi connectivity index (χ4v) is 3.40. The van der Waals surface area contributed by atoms with Crippen LogP contribution in [0.5, 0.6) is 0 Å². The highest BCUT2D eigenvalue weighted by Crippen LogP contribution is 2.30. The molecule has 0 saturated heterocycles. The third-order valence-corrected chi connectivity index (χ3v) is 5.07. The number of hydrogen-bond donors (Lipinski definition) is 3. The quantitative estimate of drug-likeness (QED) is 0.539. The topological polar surface area (TPSA) is 84.2 Å². The van der Waals surface area contributed by atoms with E-state index in [9.17, 15) is 14.0 Å². The number of thiophene rings is 1. The Bertz CT molecular complexity index is 972. The number of nitrogen functional groups attached to an aromatic ring is 1. The highest BCUT2D eigenvalue weighted by molar-refractivity contribution is 7.13. The standard InChI is InChI=1S/C21H20FN3O2S/c1-2-24-21(27)19(22)13-5-7-14(8-6-13)20(26)25-17-12-15(9-10-16(17)23)18-4-3-11-28-18/h3-12,19H,2,23H2,1H3,(H,24,27)(H,25,26). The van der Waals surface area contributed by atoms with Gasteiger partial charge < -0.3 is 16.4 Å². The summed E-state index contributed by atoms with van der Waals surface area (Å²) in [6, 6.07) is 15.2. The molecule has 0 saturated carbocycles. The molecule has 1 unspecified atom stereocenters. The first kappa shape index (κ1) is 19.6. The molecule has 1 aromatic heterocycles. The zero-order valence-corrected chi connectivity index (χ0v) is 16.1. The van der Waals surface area contributed by atoms with Crippen LogP contribution < -0.4 is 16.4 Å². The van der Waals surface area contributed by atoms with Gasteiger partial charge in [-0.3, -0.25) is 9.59 Å². The van der Waals surface area contributed by atoms with E-state index in [1.54, 1.807) is 24.3 Å². The van der Waals surface area contributed by atoms with E-state index in [1.807, 2.05) is 29.6 Å². The van der Waals surface area contributed by atoms with Gasteiger partial charge in [0.2, 0.25) is 6.17 Å². The lowest BCUT2D eigenvalue weighted by atomic mass is 10.1. The van der Waals surface area contributed by atoms with Crippen molar-refractivity contribution >= 4 is 34.5 Å². The lowest BCUT2D eigenvalue weighted by molar-refractivity contribution is -0.126. The second-order valence-electron chi connectivity index (χ2n) is 6.11. The van der Waals surface area contributed by atoms with Crippen molar-refractivity contribution in [2.24, 2.45) is 0 Å². The Morgan fingerprint density at radius 2 is 1.89 bits per heavy atom. The van der Waals surface area contributed by atoms with Gasteiger partial charge in [-0.05, 0) is 53.8 Å². The summed E-state index contributed by atoms with van der Waals surface area (Å²) in [5.41, 5.74) is 8.44.